The molecular formula is C33H49N3O6. The molecule has 0 aliphatic carbocycles. The van der Waals surface area contributed by atoms with Crippen molar-refractivity contribution >= 4 is 11.8 Å². The van der Waals surface area contributed by atoms with Crippen LogP contribution in [0, 0.1) is 11.8 Å². The van der Waals surface area contributed by atoms with Crippen LogP contribution in [0.15, 0.2) is 48.5 Å². The number of hydrogen-bond acceptors (Lipinski definition) is 8. The van der Waals surface area contributed by atoms with Crippen molar-refractivity contribution in [2.24, 2.45) is 11.8 Å². The lowest BCUT2D eigenvalue weighted by atomic mass is 9.88. The number of aliphatic hydroxyl groups excluding tert-OH is 2. The highest BCUT2D eigenvalue weighted by Gasteiger charge is 2.47. The molecule has 232 valence electrons. The summed E-state index contributed by atoms with van der Waals surface area (Å²) in [6.07, 6.45) is 0.578. The van der Waals surface area contributed by atoms with Crippen molar-refractivity contribution in [2.45, 2.75) is 84.5 Å². The SMILES string of the molecule is CC(=O)C1C([C@H](C)O)[C@H](CO)ON1Cc1cccc(CN(Cc2ccccc2C(=O)O)C(CCC(C)C)CN(C)C)c1. The van der Waals surface area contributed by atoms with Crippen molar-refractivity contribution in [3.05, 3.63) is 70.8 Å². The smallest absolute Gasteiger partial charge is 0.336 e. The number of likely N-dealkylation sites (N-methyl/N-ethyl adjacent to an activating group) is 1. The molecule has 1 heterocycles. The van der Waals surface area contributed by atoms with Crippen LogP contribution < -0.4 is 0 Å². The Hall–Kier alpha value is -2.66. The zero-order chi connectivity index (χ0) is 31.0. The van der Waals surface area contributed by atoms with Crippen LogP contribution in [0.25, 0.3) is 0 Å². The van der Waals surface area contributed by atoms with Gasteiger partial charge in [0.1, 0.15) is 17.9 Å². The van der Waals surface area contributed by atoms with Crippen LogP contribution in [0.1, 0.15) is 67.6 Å². The quantitative estimate of drug-likeness (QED) is 0.271. The number of carbonyl (C=O) groups excluding carboxylic acids is 1. The molecule has 0 bridgehead atoms. The van der Waals surface area contributed by atoms with E-state index in [1.807, 2.05) is 24.3 Å². The van der Waals surface area contributed by atoms with Gasteiger partial charge >= 0.3 is 5.97 Å². The number of hydrogen-bond donors (Lipinski definition) is 3. The second-order valence-electron chi connectivity index (χ2n) is 12.3. The number of hydroxylamine groups is 2. The number of aromatic carboxylic acids is 1. The topological polar surface area (TPSA) is 114 Å². The predicted octanol–water partition coefficient (Wildman–Crippen LogP) is 3.82. The number of benzene rings is 2. The number of carboxylic acid groups (broad SMARTS) is 1. The lowest BCUT2D eigenvalue weighted by Gasteiger charge is -2.35. The summed E-state index contributed by atoms with van der Waals surface area (Å²) in [5, 5.41) is 31.7. The molecule has 0 saturated carbocycles. The fraction of sp³-hybridized carbons (Fsp3) is 0.576. The normalized spacial score (nSPS) is 20.9. The van der Waals surface area contributed by atoms with E-state index < -0.39 is 30.1 Å². The minimum atomic E-state index is -0.929. The molecule has 3 rings (SSSR count). The average molecular weight is 584 g/mol. The van der Waals surface area contributed by atoms with Gasteiger partial charge in [0.05, 0.1) is 18.3 Å². The molecule has 9 nitrogen and oxygen atoms in total. The third-order valence-electron chi connectivity index (χ3n) is 8.03. The Labute approximate surface area is 250 Å². The number of aliphatic hydroxyl groups is 2. The van der Waals surface area contributed by atoms with Gasteiger partial charge in [-0.15, -0.1) is 0 Å². The molecule has 2 aromatic carbocycles. The fourth-order valence-electron chi connectivity index (χ4n) is 6.02. The van der Waals surface area contributed by atoms with Crippen molar-refractivity contribution in [2.75, 3.05) is 27.2 Å². The third-order valence-corrected chi connectivity index (χ3v) is 8.03. The van der Waals surface area contributed by atoms with E-state index in [2.05, 4.69) is 49.9 Å². The van der Waals surface area contributed by atoms with Gasteiger partial charge in [0.2, 0.25) is 0 Å². The predicted molar refractivity (Wildman–Crippen MR) is 163 cm³/mol. The fourth-order valence-corrected chi connectivity index (χ4v) is 6.02. The van der Waals surface area contributed by atoms with Gasteiger partial charge in [-0.2, -0.15) is 5.06 Å². The minimum Gasteiger partial charge on any atom is -0.478 e. The Kier molecular flexibility index (Phi) is 12.7. The second kappa shape index (κ2) is 15.7. The first-order chi connectivity index (χ1) is 19.9. The van der Waals surface area contributed by atoms with Crippen molar-refractivity contribution in [3.63, 3.8) is 0 Å². The Bertz CT molecular complexity index is 1170. The van der Waals surface area contributed by atoms with E-state index >= 15 is 0 Å². The van der Waals surface area contributed by atoms with Crippen LogP contribution in [-0.2, 0) is 29.3 Å². The first-order valence-electron chi connectivity index (χ1n) is 14.9. The van der Waals surface area contributed by atoms with E-state index in [1.54, 1.807) is 24.1 Å². The lowest BCUT2D eigenvalue weighted by molar-refractivity contribution is -0.180. The van der Waals surface area contributed by atoms with Crippen LogP contribution in [0.4, 0.5) is 0 Å². The summed E-state index contributed by atoms with van der Waals surface area (Å²) in [6, 6.07) is 14.9. The maximum Gasteiger partial charge on any atom is 0.336 e. The van der Waals surface area contributed by atoms with Crippen LogP contribution in [0.2, 0.25) is 0 Å². The molecule has 0 spiro atoms. The highest BCUT2D eigenvalue weighted by molar-refractivity contribution is 5.89. The Morgan fingerprint density at radius 1 is 1.00 bits per heavy atom. The van der Waals surface area contributed by atoms with Crippen molar-refractivity contribution in [1.82, 2.24) is 14.9 Å². The molecule has 1 fully saturated rings. The largest absolute Gasteiger partial charge is 0.478 e. The number of ketones is 1. The number of rotatable bonds is 16. The summed E-state index contributed by atoms with van der Waals surface area (Å²) in [5.74, 6) is -1.02. The van der Waals surface area contributed by atoms with Gasteiger partial charge in [0.15, 0.2) is 0 Å². The molecule has 1 aliphatic rings. The van der Waals surface area contributed by atoms with Gasteiger partial charge in [-0.05, 0) is 69.5 Å². The molecule has 3 unspecified atom stereocenters. The van der Waals surface area contributed by atoms with E-state index in [1.165, 1.54) is 6.92 Å². The van der Waals surface area contributed by atoms with E-state index in [4.69, 9.17) is 4.84 Å². The molecule has 1 saturated heterocycles. The first kappa shape index (κ1) is 33.8. The summed E-state index contributed by atoms with van der Waals surface area (Å²) in [6.45, 7) is 9.55. The lowest BCUT2D eigenvalue weighted by Crippen LogP contribution is -2.42. The van der Waals surface area contributed by atoms with E-state index in [0.29, 0.717) is 31.1 Å². The molecule has 9 heteroatoms. The second-order valence-corrected chi connectivity index (χ2v) is 12.3. The van der Waals surface area contributed by atoms with Crippen LogP contribution >= 0.6 is 0 Å². The summed E-state index contributed by atoms with van der Waals surface area (Å²) in [7, 11) is 4.13. The molecule has 0 aromatic heterocycles. The Balaban J connectivity index is 1.91. The van der Waals surface area contributed by atoms with Crippen molar-refractivity contribution in [3.8, 4) is 0 Å². The zero-order valence-corrected chi connectivity index (χ0v) is 25.9. The number of nitrogens with zero attached hydrogens (tertiary/aromatic N) is 3. The molecule has 3 N–H and O–H groups in total. The summed E-state index contributed by atoms with van der Waals surface area (Å²) >= 11 is 0. The standard InChI is InChI=1S/C33H49N3O6/c1-22(2)14-15-28(20-34(5)6)35(19-27-12-7-8-13-29(27)33(40)41)17-25-10-9-11-26(16-25)18-36-32(24(4)39)31(23(3)38)30(21-37)42-36/h7-13,16,22-23,28,30-32,37-38H,14-15,17-21H2,1-6H3,(H,40,41)/t23-,28?,30-,31?,32?/m0/s1. The Morgan fingerprint density at radius 2 is 1.69 bits per heavy atom. The van der Waals surface area contributed by atoms with Crippen molar-refractivity contribution in [1.29, 1.82) is 0 Å². The van der Waals surface area contributed by atoms with Gasteiger partial charge in [0.25, 0.3) is 0 Å². The van der Waals surface area contributed by atoms with Gasteiger partial charge in [-0.25, -0.2) is 4.79 Å². The highest BCUT2D eigenvalue weighted by Crippen LogP contribution is 2.32. The molecule has 2 aromatic rings. The van der Waals surface area contributed by atoms with Gasteiger partial charge in [-0.1, -0.05) is 56.3 Å². The minimum absolute atomic E-state index is 0.118. The van der Waals surface area contributed by atoms with Gasteiger partial charge in [0, 0.05) is 38.1 Å². The molecule has 0 radical (unpaired) electrons. The number of Topliss-reactive ketones (excluding diaryl/α,β-unsaturated/α-hetero) is 1. The van der Waals surface area contributed by atoms with E-state index in [9.17, 15) is 24.9 Å². The molecule has 0 amide bonds. The van der Waals surface area contributed by atoms with E-state index in [-0.39, 0.29) is 18.4 Å². The highest BCUT2D eigenvalue weighted by atomic mass is 16.7. The molecule has 1 aliphatic heterocycles. The average Bonchev–Trinajstić information content (AvgIpc) is 3.29. The summed E-state index contributed by atoms with van der Waals surface area (Å²) in [4.78, 5) is 35.1. The summed E-state index contributed by atoms with van der Waals surface area (Å²) < 4.78 is 0. The Morgan fingerprint density at radius 3 is 2.29 bits per heavy atom. The summed E-state index contributed by atoms with van der Waals surface area (Å²) in [5.41, 5.74) is 3.11. The maximum atomic E-state index is 12.6. The van der Waals surface area contributed by atoms with Gasteiger partial charge < -0.3 is 20.2 Å². The van der Waals surface area contributed by atoms with Crippen molar-refractivity contribution < 1.29 is 29.7 Å². The van der Waals surface area contributed by atoms with Gasteiger partial charge in [-0.3, -0.25) is 14.5 Å². The third kappa shape index (κ3) is 9.17. The van der Waals surface area contributed by atoms with Crippen LogP contribution in [0.5, 0.6) is 0 Å². The molecule has 5 atom stereocenters. The first-order valence-corrected chi connectivity index (χ1v) is 14.9. The molecular weight excluding hydrogens is 534 g/mol. The van der Waals surface area contributed by atoms with E-state index in [0.717, 1.165) is 36.1 Å². The van der Waals surface area contributed by atoms with Crippen LogP contribution in [-0.4, -0.2) is 93.5 Å². The monoisotopic (exact) mass is 583 g/mol. The zero-order valence-electron chi connectivity index (χ0n) is 25.9. The molecule has 42 heavy (non-hydrogen) atoms. The number of carbonyl (C=O) groups is 2. The van der Waals surface area contributed by atoms with Crippen LogP contribution in [0.3, 0.4) is 0 Å². The number of carboxylic acids is 1. The maximum absolute atomic E-state index is 12.6.